The third kappa shape index (κ3) is 7.82. The van der Waals surface area contributed by atoms with Gasteiger partial charge in [-0.25, -0.2) is 14.0 Å². The van der Waals surface area contributed by atoms with Crippen LogP contribution in [-0.2, 0) is 14.2 Å². The SMILES string of the molecule is COC(=O)NCCOC(c1cccc(F)c1)C1CCCCN(C(=O)OC(C)(C)C)C1. The lowest BCUT2D eigenvalue weighted by Gasteiger charge is -2.32. The van der Waals surface area contributed by atoms with Crippen LogP contribution in [-0.4, -0.2) is 56.0 Å². The fraction of sp³-hybridized carbons (Fsp3) is 0.636. The summed E-state index contributed by atoms with van der Waals surface area (Å²) in [5.74, 6) is -0.369. The predicted molar refractivity (Wildman–Crippen MR) is 111 cm³/mol. The van der Waals surface area contributed by atoms with Gasteiger partial charge < -0.3 is 24.4 Å². The van der Waals surface area contributed by atoms with Gasteiger partial charge in [-0.1, -0.05) is 18.6 Å². The molecule has 1 N–H and O–H groups in total. The monoisotopic (exact) mass is 424 g/mol. The Morgan fingerprint density at radius 1 is 1.30 bits per heavy atom. The number of nitrogens with zero attached hydrogens (tertiary/aromatic N) is 1. The molecule has 2 amide bonds. The van der Waals surface area contributed by atoms with Crippen molar-refractivity contribution in [3.8, 4) is 0 Å². The Labute approximate surface area is 177 Å². The van der Waals surface area contributed by atoms with Gasteiger partial charge in [0.1, 0.15) is 11.4 Å². The van der Waals surface area contributed by atoms with Gasteiger partial charge in [-0.05, 0) is 51.3 Å². The average Bonchev–Trinajstić information content (AvgIpc) is 2.92. The second kappa shape index (κ2) is 11.2. The minimum absolute atomic E-state index is 0.0278. The van der Waals surface area contributed by atoms with Gasteiger partial charge in [-0.2, -0.15) is 0 Å². The summed E-state index contributed by atoms with van der Waals surface area (Å²) in [6.07, 6.45) is 1.34. The zero-order chi connectivity index (χ0) is 22.1. The summed E-state index contributed by atoms with van der Waals surface area (Å²) in [6, 6.07) is 6.32. The summed E-state index contributed by atoms with van der Waals surface area (Å²) in [4.78, 5) is 25.6. The van der Waals surface area contributed by atoms with Crippen molar-refractivity contribution < 1.29 is 28.2 Å². The molecule has 0 aliphatic carbocycles. The quantitative estimate of drug-likeness (QED) is 0.690. The number of alkyl carbamates (subject to hydrolysis) is 1. The first-order valence-electron chi connectivity index (χ1n) is 10.4. The molecule has 1 aromatic rings. The van der Waals surface area contributed by atoms with Crippen LogP contribution >= 0.6 is 0 Å². The van der Waals surface area contributed by atoms with Crippen LogP contribution in [0.3, 0.4) is 0 Å². The number of likely N-dealkylation sites (tertiary alicyclic amines) is 1. The van der Waals surface area contributed by atoms with Crippen LogP contribution in [0.15, 0.2) is 24.3 Å². The highest BCUT2D eigenvalue weighted by Crippen LogP contribution is 2.33. The molecule has 1 heterocycles. The van der Waals surface area contributed by atoms with Crippen molar-refractivity contribution in [3.63, 3.8) is 0 Å². The lowest BCUT2D eigenvalue weighted by Crippen LogP contribution is -2.40. The largest absolute Gasteiger partial charge is 0.453 e. The van der Waals surface area contributed by atoms with Gasteiger partial charge in [0.15, 0.2) is 0 Å². The highest BCUT2D eigenvalue weighted by atomic mass is 19.1. The number of ether oxygens (including phenoxy) is 3. The number of carbonyl (C=O) groups is 2. The van der Waals surface area contributed by atoms with Crippen LogP contribution < -0.4 is 5.32 Å². The number of nitrogens with one attached hydrogen (secondary N) is 1. The number of hydrogen-bond acceptors (Lipinski definition) is 5. The molecule has 0 aromatic heterocycles. The minimum Gasteiger partial charge on any atom is -0.453 e. The van der Waals surface area contributed by atoms with Crippen LogP contribution in [0, 0.1) is 11.7 Å². The van der Waals surface area contributed by atoms with Crippen LogP contribution in [0.4, 0.5) is 14.0 Å². The smallest absolute Gasteiger partial charge is 0.410 e. The van der Waals surface area contributed by atoms with Gasteiger partial charge in [-0.15, -0.1) is 0 Å². The van der Waals surface area contributed by atoms with Gasteiger partial charge in [-0.3, -0.25) is 0 Å². The average molecular weight is 425 g/mol. The molecule has 0 radical (unpaired) electrons. The van der Waals surface area contributed by atoms with E-state index in [2.05, 4.69) is 10.1 Å². The van der Waals surface area contributed by atoms with Gasteiger partial charge in [0.25, 0.3) is 0 Å². The minimum atomic E-state index is -0.573. The Hall–Kier alpha value is -2.35. The topological polar surface area (TPSA) is 77.1 Å². The molecule has 1 saturated heterocycles. The van der Waals surface area contributed by atoms with Gasteiger partial charge in [0, 0.05) is 25.6 Å². The molecule has 2 unspecified atom stereocenters. The second-order valence-electron chi connectivity index (χ2n) is 8.45. The Morgan fingerprint density at radius 3 is 2.73 bits per heavy atom. The van der Waals surface area contributed by atoms with E-state index in [9.17, 15) is 14.0 Å². The number of carbonyl (C=O) groups excluding carboxylic acids is 2. The van der Waals surface area contributed by atoms with Gasteiger partial charge >= 0.3 is 12.2 Å². The van der Waals surface area contributed by atoms with Crippen molar-refractivity contribution in [3.05, 3.63) is 35.6 Å². The molecule has 168 valence electrons. The summed E-state index contributed by atoms with van der Waals surface area (Å²) < 4.78 is 30.1. The Balaban J connectivity index is 2.14. The Bertz CT molecular complexity index is 707. The number of halogens is 1. The lowest BCUT2D eigenvalue weighted by molar-refractivity contribution is -0.00833. The van der Waals surface area contributed by atoms with E-state index < -0.39 is 17.8 Å². The third-order valence-electron chi connectivity index (χ3n) is 4.82. The molecular formula is C22H33FN2O5. The van der Waals surface area contributed by atoms with Crippen molar-refractivity contribution in [2.45, 2.75) is 51.7 Å². The van der Waals surface area contributed by atoms with E-state index in [4.69, 9.17) is 9.47 Å². The number of amides is 2. The maximum atomic E-state index is 13.9. The zero-order valence-electron chi connectivity index (χ0n) is 18.3. The molecule has 0 bridgehead atoms. The summed E-state index contributed by atoms with van der Waals surface area (Å²) >= 11 is 0. The fourth-order valence-corrected chi connectivity index (χ4v) is 3.51. The highest BCUT2D eigenvalue weighted by molar-refractivity contribution is 5.68. The standard InChI is InChI=1S/C22H33FN2O5/c1-22(2,3)30-21(27)25-12-6-5-8-17(15-25)19(16-9-7-10-18(23)14-16)29-13-11-24-20(26)28-4/h7,9-10,14,17,19H,5-6,8,11-13,15H2,1-4H3,(H,24,26). The molecule has 0 spiro atoms. The molecule has 1 aromatic carbocycles. The summed E-state index contributed by atoms with van der Waals surface area (Å²) in [6.45, 7) is 7.10. The number of rotatable bonds is 6. The number of methoxy groups -OCH3 is 1. The first-order chi connectivity index (χ1) is 14.2. The van der Waals surface area contributed by atoms with Crippen molar-refractivity contribution in [2.24, 2.45) is 5.92 Å². The molecule has 1 aliphatic rings. The Kier molecular flexibility index (Phi) is 8.89. The lowest BCUT2D eigenvalue weighted by atomic mass is 9.91. The Morgan fingerprint density at radius 2 is 2.07 bits per heavy atom. The van der Waals surface area contributed by atoms with Crippen molar-refractivity contribution >= 4 is 12.2 Å². The first-order valence-corrected chi connectivity index (χ1v) is 10.4. The molecule has 8 heteroatoms. The summed E-state index contributed by atoms with van der Waals surface area (Å²) in [5, 5.41) is 2.57. The second-order valence-corrected chi connectivity index (χ2v) is 8.45. The van der Waals surface area contributed by atoms with Gasteiger partial charge in [0.2, 0.25) is 0 Å². The van der Waals surface area contributed by atoms with Crippen LogP contribution in [0.2, 0.25) is 0 Å². The first kappa shape index (κ1) is 23.9. The fourth-order valence-electron chi connectivity index (χ4n) is 3.51. The van der Waals surface area contributed by atoms with Crippen molar-refractivity contribution in [2.75, 3.05) is 33.4 Å². The summed E-state index contributed by atoms with van der Waals surface area (Å²) in [5.41, 5.74) is 0.140. The summed E-state index contributed by atoms with van der Waals surface area (Å²) in [7, 11) is 1.29. The molecule has 1 fully saturated rings. The van der Waals surface area contributed by atoms with E-state index in [1.807, 2.05) is 26.8 Å². The molecule has 30 heavy (non-hydrogen) atoms. The van der Waals surface area contributed by atoms with E-state index in [0.29, 0.717) is 18.7 Å². The van der Waals surface area contributed by atoms with Crippen molar-refractivity contribution in [1.29, 1.82) is 0 Å². The molecule has 1 aliphatic heterocycles. The molecule has 2 atom stereocenters. The molecule has 7 nitrogen and oxygen atoms in total. The van der Waals surface area contributed by atoms with E-state index in [0.717, 1.165) is 19.3 Å². The molecular weight excluding hydrogens is 391 g/mol. The maximum absolute atomic E-state index is 13.9. The maximum Gasteiger partial charge on any atom is 0.410 e. The molecule has 0 saturated carbocycles. The predicted octanol–water partition coefficient (Wildman–Crippen LogP) is 4.28. The van der Waals surface area contributed by atoms with E-state index in [-0.39, 0.29) is 31.0 Å². The number of hydrogen-bond donors (Lipinski definition) is 1. The van der Waals surface area contributed by atoms with Crippen LogP contribution in [0.5, 0.6) is 0 Å². The van der Waals surface area contributed by atoms with Crippen LogP contribution in [0.1, 0.15) is 51.7 Å². The van der Waals surface area contributed by atoms with Gasteiger partial charge in [0.05, 0.1) is 19.8 Å². The zero-order valence-corrected chi connectivity index (χ0v) is 18.3. The van der Waals surface area contributed by atoms with E-state index >= 15 is 0 Å². The third-order valence-corrected chi connectivity index (χ3v) is 4.82. The number of benzene rings is 1. The normalized spacial score (nSPS) is 18.3. The van der Waals surface area contributed by atoms with E-state index in [1.54, 1.807) is 11.0 Å². The van der Waals surface area contributed by atoms with E-state index in [1.165, 1.54) is 19.2 Å². The molecule has 2 rings (SSSR count). The van der Waals surface area contributed by atoms with Crippen molar-refractivity contribution in [1.82, 2.24) is 10.2 Å². The van der Waals surface area contributed by atoms with Crippen LogP contribution in [0.25, 0.3) is 0 Å². The highest BCUT2D eigenvalue weighted by Gasteiger charge is 2.32.